The summed E-state index contributed by atoms with van der Waals surface area (Å²) in [5.41, 5.74) is 1.80. The Morgan fingerprint density at radius 3 is 2.30 bits per heavy atom. The Bertz CT molecular complexity index is 1290. The Balaban J connectivity index is 1.93. The van der Waals surface area contributed by atoms with Crippen molar-refractivity contribution < 1.29 is 8.42 Å². The van der Waals surface area contributed by atoms with E-state index < -0.39 is 10.0 Å². The van der Waals surface area contributed by atoms with E-state index in [1.54, 1.807) is 36.5 Å². The second-order valence-electron chi connectivity index (χ2n) is 5.80. The van der Waals surface area contributed by atoms with Gasteiger partial charge in [-0.25, -0.2) is 17.4 Å². The molecule has 4 aromatic rings. The SMILES string of the molecule is O=S(=O)(c1ccccc1)n1cc(C#Cc2ccccc2)c2cc(Br)cnc21. The third kappa shape index (κ3) is 3.39. The zero-order valence-corrected chi connectivity index (χ0v) is 16.4. The second kappa shape index (κ2) is 7.03. The van der Waals surface area contributed by atoms with Gasteiger partial charge in [-0.2, -0.15) is 0 Å². The van der Waals surface area contributed by atoms with Crippen molar-refractivity contribution in [2.45, 2.75) is 4.90 Å². The number of benzene rings is 2. The maximum Gasteiger partial charge on any atom is 0.269 e. The summed E-state index contributed by atoms with van der Waals surface area (Å²) in [5.74, 6) is 6.15. The van der Waals surface area contributed by atoms with Gasteiger partial charge >= 0.3 is 0 Å². The molecule has 0 saturated heterocycles. The van der Waals surface area contributed by atoms with Gasteiger partial charge < -0.3 is 0 Å². The Morgan fingerprint density at radius 2 is 1.59 bits per heavy atom. The molecule has 0 bridgehead atoms. The average molecular weight is 437 g/mol. The van der Waals surface area contributed by atoms with Crippen molar-refractivity contribution in [1.29, 1.82) is 0 Å². The molecule has 0 unspecified atom stereocenters. The zero-order valence-electron chi connectivity index (χ0n) is 14.0. The molecule has 6 heteroatoms. The maximum absolute atomic E-state index is 13.1. The highest BCUT2D eigenvalue weighted by Gasteiger charge is 2.21. The van der Waals surface area contributed by atoms with Crippen molar-refractivity contribution in [3.05, 3.63) is 94.7 Å². The van der Waals surface area contributed by atoms with Gasteiger partial charge in [0.25, 0.3) is 10.0 Å². The molecule has 0 aliphatic rings. The highest BCUT2D eigenvalue weighted by Crippen LogP contribution is 2.26. The summed E-state index contributed by atoms with van der Waals surface area (Å²) in [4.78, 5) is 4.52. The molecule has 4 rings (SSSR count). The van der Waals surface area contributed by atoms with Gasteiger partial charge in [-0.3, -0.25) is 0 Å². The summed E-state index contributed by atoms with van der Waals surface area (Å²) < 4.78 is 28.1. The molecule has 2 aromatic heterocycles. The van der Waals surface area contributed by atoms with Crippen LogP contribution in [0.3, 0.4) is 0 Å². The first-order valence-corrected chi connectivity index (χ1v) is 10.3. The molecule has 132 valence electrons. The second-order valence-corrected chi connectivity index (χ2v) is 8.53. The molecule has 2 aromatic carbocycles. The van der Waals surface area contributed by atoms with Crippen LogP contribution in [0.25, 0.3) is 11.0 Å². The van der Waals surface area contributed by atoms with E-state index in [1.807, 2.05) is 36.4 Å². The number of halogens is 1. The van der Waals surface area contributed by atoms with Crippen LogP contribution in [0.1, 0.15) is 11.1 Å². The van der Waals surface area contributed by atoms with Crippen molar-refractivity contribution in [1.82, 2.24) is 8.96 Å². The Morgan fingerprint density at radius 1 is 0.926 bits per heavy atom. The van der Waals surface area contributed by atoms with Crippen LogP contribution in [0.15, 0.2) is 88.5 Å². The molecule has 0 spiro atoms. The van der Waals surface area contributed by atoms with Gasteiger partial charge in [0.1, 0.15) is 0 Å². The summed E-state index contributed by atoms with van der Waals surface area (Å²) in [6.07, 6.45) is 3.11. The predicted octanol–water partition coefficient (Wildman–Crippen LogP) is 4.44. The zero-order chi connectivity index (χ0) is 18.9. The molecule has 0 amide bonds. The summed E-state index contributed by atoms with van der Waals surface area (Å²) >= 11 is 3.40. The van der Waals surface area contributed by atoms with E-state index in [1.165, 1.54) is 10.2 Å². The normalized spacial score (nSPS) is 11.1. The molecule has 27 heavy (non-hydrogen) atoms. The molecule has 0 fully saturated rings. The number of hydrogen-bond donors (Lipinski definition) is 0. The molecular weight excluding hydrogens is 424 g/mol. The lowest BCUT2D eigenvalue weighted by Crippen LogP contribution is -2.12. The van der Waals surface area contributed by atoms with E-state index in [2.05, 4.69) is 32.8 Å². The smallest absolute Gasteiger partial charge is 0.236 e. The van der Waals surface area contributed by atoms with Crippen LogP contribution in [-0.4, -0.2) is 17.4 Å². The molecular formula is C21H13BrN2O2S. The summed E-state index contributed by atoms with van der Waals surface area (Å²) in [7, 11) is -3.77. The van der Waals surface area contributed by atoms with Crippen molar-refractivity contribution in [2.24, 2.45) is 0 Å². The summed E-state index contributed by atoms with van der Waals surface area (Å²) in [6.45, 7) is 0. The third-order valence-corrected chi connectivity index (χ3v) is 6.09. The third-order valence-electron chi connectivity index (χ3n) is 3.99. The summed E-state index contributed by atoms with van der Waals surface area (Å²) in [5, 5.41) is 0.673. The monoisotopic (exact) mass is 436 g/mol. The lowest BCUT2D eigenvalue weighted by molar-refractivity contribution is 0.588. The fraction of sp³-hybridized carbons (Fsp3) is 0. The van der Waals surface area contributed by atoms with Crippen LogP contribution in [0.5, 0.6) is 0 Å². The van der Waals surface area contributed by atoms with Crippen molar-refractivity contribution >= 4 is 37.0 Å². The van der Waals surface area contributed by atoms with Crippen LogP contribution in [0.4, 0.5) is 0 Å². The number of nitrogens with zero attached hydrogens (tertiary/aromatic N) is 2. The highest BCUT2D eigenvalue weighted by molar-refractivity contribution is 9.10. The maximum atomic E-state index is 13.1. The molecule has 2 heterocycles. The average Bonchev–Trinajstić information content (AvgIpc) is 3.06. The first-order valence-electron chi connectivity index (χ1n) is 8.10. The van der Waals surface area contributed by atoms with Gasteiger partial charge in [0.2, 0.25) is 0 Å². The van der Waals surface area contributed by atoms with Gasteiger partial charge in [-0.05, 0) is 46.3 Å². The lowest BCUT2D eigenvalue weighted by atomic mass is 10.2. The van der Waals surface area contributed by atoms with Gasteiger partial charge in [0.15, 0.2) is 5.65 Å². The fourth-order valence-electron chi connectivity index (χ4n) is 2.70. The Labute approximate surface area is 165 Å². The number of aromatic nitrogens is 2. The van der Waals surface area contributed by atoms with E-state index in [-0.39, 0.29) is 4.90 Å². The topological polar surface area (TPSA) is 52.0 Å². The Kier molecular flexibility index (Phi) is 4.56. The first kappa shape index (κ1) is 17.5. The summed E-state index contributed by atoms with van der Waals surface area (Å²) in [6, 6.07) is 19.7. The van der Waals surface area contributed by atoms with Crippen molar-refractivity contribution in [3.63, 3.8) is 0 Å². The number of hydrogen-bond acceptors (Lipinski definition) is 3. The molecule has 0 saturated carbocycles. The van der Waals surface area contributed by atoms with Crippen molar-refractivity contribution in [3.8, 4) is 11.8 Å². The van der Waals surface area contributed by atoms with Crippen LogP contribution in [0, 0.1) is 11.8 Å². The minimum atomic E-state index is -3.77. The molecule has 0 aliphatic heterocycles. The van der Waals surface area contributed by atoms with Gasteiger partial charge in [0, 0.05) is 27.8 Å². The van der Waals surface area contributed by atoms with Gasteiger partial charge in [-0.1, -0.05) is 48.2 Å². The fourth-order valence-corrected chi connectivity index (χ4v) is 4.38. The van der Waals surface area contributed by atoms with Crippen LogP contribution < -0.4 is 0 Å². The standard InChI is InChI=1S/C21H13BrN2O2S/c22-18-13-20-17(12-11-16-7-3-1-4-8-16)15-24(21(20)23-14-18)27(25,26)19-9-5-2-6-10-19/h1-10,13-15H. The molecule has 0 aliphatic carbocycles. The highest BCUT2D eigenvalue weighted by atomic mass is 79.9. The largest absolute Gasteiger partial charge is 0.269 e. The van der Waals surface area contributed by atoms with Crippen LogP contribution >= 0.6 is 15.9 Å². The predicted molar refractivity (Wildman–Crippen MR) is 109 cm³/mol. The van der Waals surface area contributed by atoms with Crippen LogP contribution in [-0.2, 0) is 10.0 Å². The van der Waals surface area contributed by atoms with Gasteiger partial charge in [-0.15, -0.1) is 0 Å². The molecule has 0 atom stereocenters. The van der Waals surface area contributed by atoms with E-state index >= 15 is 0 Å². The number of pyridine rings is 1. The molecule has 0 N–H and O–H groups in total. The van der Waals surface area contributed by atoms with E-state index in [0.29, 0.717) is 16.6 Å². The lowest BCUT2D eigenvalue weighted by Gasteiger charge is -2.06. The Hall–Kier alpha value is -2.88. The minimum absolute atomic E-state index is 0.203. The first-order chi connectivity index (χ1) is 13.1. The number of fused-ring (bicyclic) bond motifs is 1. The van der Waals surface area contributed by atoms with E-state index in [4.69, 9.17) is 0 Å². The number of rotatable bonds is 2. The minimum Gasteiger partial charge on any atom is -0.236 e. The van der Waals surface area contributed by atoms with Crippen LogP contribution in [0.2, 0.25) is 0 Å². The quantitative estimate of drug-likeness (QED) is 0.436. The van der Waals surface area contributed by atoms with Crippen molar-refractivity contribution in [2.75, 3.05) is 0 Å². The van der Waals surface area contributed by atoms with E-state index in [9.17, 15) is 8.42 Å². The van der Waals surface area contributed by atoms with Gasteiger partial charge in [0.05, 0.1) is 10.5 Å². The molecule has 0 radical (unpaired) electrons. The molecule has 4 nitrogen and oxygen atoms in total. The van der Waals surface area contributed by atoms with E-state index in [0.717, 1.165) is 10.0 Å².